The van der Waals surface area contributed by atoms with Gasteiger partial charge in [0, 0.05) is 31.6 Å². The van der Waals surface area contributed by atoms with Crippen molar-refractivity contribution in [2.75, 3.05) is 26.2 Å². The van der Waals surface area contributed by atoms with Crippen LogP contribution in [-0.4, -0.2) is 54.2 Å². The molecule has 1 aliphatic rings. The Morgan fingerprint density at radius 3 is 2.32 bits per heavy atom. The normalized spacial score (nSPS) is 15.6. The van der Waals surface area contributed by atoms with E-state index in [0.29, 0.717) is 18.9 Å². The molecule has 2 aromatic carbocycles. The maximum atomic E-state index is 13.8. The molecule has 0 spiro atoms. The monoisotopic (exact) mass is 486 g/mol. The van der Waals surface area contributed by atoms with E-state index in [2.05, 4.69) is 5.32 Å². The van der Waals surface area contributed by atoms with Gasteiger partial charge in [0.2, 0.25) is 5.91 Å². The summed E-state index contributed by atoms with van der Waals surface area (Å²) in [5.74, 6) is -2.90. The van der Waals surface area contributed by atoms with Crippen LogP contribution in [-0.2, 0) is 11.0 Å². The van der Waals surface area contributed by atoms with Gasteiger partial charge < -0.3 is 20.1 Å². The van der Waals surface area contributed by atoms with Crippen LogP contribution in [0.5, 0.6) is 5.75 Å². The lowest BCUT2D eigenvalue weighted by Crippen LogP contribution is -2.45. The van der Waals surface area contributed by atoms with Crippen LogP contribution in [0, 0.1) is 17.6 Å². The van der Waals surface area contributed by atoms with Crippen LogP contribution in [0.1, 0.15) is 28.8 Å². The number of nitrogens with one attached hydrogen (secondary N) is 1. The number of carbonyl (C=O) groups excluding carboxylic acids is 2. The molecule has 0 radical (unpaired) electrons. The molecule has 0 bridgehead atoms. The minimum absolute atomic E-state index is 0.126. The number of nitrogens with zero attached hydrogens (tertiary/aromatic N) is 1. The topological polar surface area (TPSA) is 78.9 Å². The number of amides is 2. The van der Waals surface area contributed by atoms with E-state index < -0.39 is 41.3 Å². The molecule has 2 aromatic rings. The van der Waals surface area contributed by atoms with Gasteiger partial charge in [0.15, 0.2) is 0 Å². The molecule has 2 N–H and O–H groups in total. The highest BCUT2D eigenvalue weighted by Crippen LogP contribution is 2.30. The third-order valence-corrected chi connectivity index (χ3v) is 5.45. The number of ether oxygens (including phenoxy) is 1. The highest BCUT2D eigenvalue weighted by molar-refractivity contribution is 5.94. The predicted molar refractivity (Wildman–Crippen MR) is 111 cm³/mol. The summed E-state index contributed by atoms with van der Waals surface area (Å²) >= 11 is 0. The highest BCUT2D eigenvalue weighted by atomic mass is 19.4. The molecule has 1 saturated heterocycles. The lowest BCUT2D eigenvalue weighted by Gasteiger charge is -2.31. The average Bonchev–Trinajstić information content (AvgIpc) is 2.80. The number of halogens is 5. The average molecular weight is 486 g/mol. The van der Waals surface area contributed by atoms with Crippen LogP contribution in [0.15, 0.2) is 42.5 Å². The third-order valence-electron chi connectivity index (χ3n) is 5.45. The molecular weight excluding hydrogens is 463 g/mol. The summed E-state index contributed by atoms with van der Waals surface area (Å²) in [4.78, 5) is 26.2. The number of aliphatic hydroxyl groups excluding tert-OH is 1. The maximum absolute atomic E-state index is 13.8. The Kier molecular flexibility index (Phi) is 8.08. The van der Waals surface area contributed by atoms with Gasteiger partial charge in [0.05, 0.1) is 11.1 Å². The van der Waals surface area contributed by atoms with Crippen molar-refractivity contribution in [1.29, 1.82) is 0 Å². The zero-order valence-corrected chi connectivity index (χ0v) is 17.9. The lowest BCUT2D eigenvalue weighted by molar-refractivity contribution is -0.137. The van der Waals surface area contributed by atoms with E-state index in [1.807, 2.05) is 0 Å². The second-order valence-electron chi connectivity index (χ2n) is 7.92. The fraction of sp³-hybridized carbons (Fsp3) is 0.391. The van der Waals surface area contributed by atoms with Gasteiger partial charge in [-0.05, 0) is 49.2 Å². The van der Waals surface area contributed by atoms with Gasteiger partial charge in [-0.25, -0.2) is 8.78 Å². The van der Waals surface area contributed by atoms with Crippen LogP contribution < -0.4 is 10.1 Å². The van der Waals surface area contributed by atoms with Crippen molar-refractivity contribution in [3.8, 4) is 5.75 Å². The SMILES string of the molecule is O=C(NCC(O)COc1ccc(C(F)(F)F)cc1)C1CCN(C(=O)c2ccc(F)cc2F)CC1. The Bertz CT molecular complexity index is 1010. The highest BCUT2D eigenvalue weighted by Gasteiger charge is 2.30. The van der Waals surface area contributed by atoms with Gasteiger partial charge in [0.25, 0.3) is 5.91 Å². The number of carbonyl (C=O) groups is 2. The molecule has 1 aliphatic heterocycles. The Balaban J connectivity index is 1.39. The maximum Gasteiger partial charge on any atom is 0.416 e. The van der Waals surface area contributed by atoms with Crippen LogP contribution >= 0.6 is 0 Å². The van der Waals surface area contributed by atoms with Crippen molar-refractivity contribution in [2.24, 2.45) is 5.92 Å². The van der Waals surface area contributed by atoms with Crippen LogP contribution in [0.25, 0.3) is 0 Å². The summed E-state index contributed by atoms with van der Waals surface area (Å²) in [6, 6.07) is 6.74. The van der Waals surface area contributed by atoms with Gasteiger partial charge >= 0.3 is 6.18 Å². The van der Waals surface area contributed by atoms with E-state index in [1.165, 1.54) is 4.90 Å². The van der Waals surface area contributed by atoms with Crippen molar-refractivity contribution in [3.63, 3.8) is 0 Å². The fourth-order valence-corrected chi connectivity index (χ4v) is 3.53. The number of hydrogen-bond donors (Lipinski definition) is 2. The fourth-order valence-electron chi connectivity index (χ4n) is 3.53. The molecule has 2 amide bonds. The van der Waals surface area contributed by atoms with E-state index in [9.17, 15) is 36.6 Å². The minimum Gasteiger partial charge on any atom is -0.491 e. The lowest BCUT2D eigenvalue weighted by atomic mass is 9.95. The first kappa shape index (κ1) is 25.4. The largest absolute Gasteiger partial charge is 0.491 e. The third kappa shape index (κ3) is 6.66. The Labute approximate surface area is 192 Å². The zero-order valence-electron chi connectivity index (χ0n) is 17.9. The number of likely N-dealkylation sites (tertiary alicyclic amines) is 1. The molecule has 3 rings (SSSR count). The van der Waals surface area contributed by atoms with Crippen molar-refractivity contribution in [1.82, 2.24) is 10.2 Å². The standard InChI is InChI=1S/C23H23F5N2O4/c24-16-3-6-19(20(25)11-16)22(33)30-9-7-14(8-10-30)21(32)29-12-17(31)13-34-18-4-1-15(2-5-18)23(26,27)28/h1-6,11,14,17,31H,7-10,12-13H2,(H,29,32). The zero-order chi connectivity index (χ0) is 24.9. The van der Waals surface area contributed by atoms with Gasteiger partial charge in [-0.3, -0.25) is 9.59 Å². The van der Waals surface area contributed by atoms with Gasteiger partial charge in [-0.15, -0.1) is 0 Å². The summed E-state index contributed by atoms with van der Waals surface area (Å²) in [6.07, 6.45) is -4.88. The molecule has 0 aromatic heterocycles. The Hall–Kier alpha value is -3.21. The van der Waals surface area contributed by atoms with E-state index in [0.717, 1.165) is 36.4 Å². The molecule has 1 heterocycles. The predicted octanol–water partition coefficient (Wildman–Crippen LogP) is 3.39. The van der Waals surface area contributed by atoms with E-state index in [1.54, 1.807) is 0 Å². The smallest absolute Gasteiger partial charge is 0.416 e. The van der Waals surface area contributed by atoms with Crippen molar-refractivity contribution in [2.45, 2.75) is 25.1 Å². The summed E-state index contributed by atoms with van der Waals surface area (Å²) in [5, 5.41) is 12.6. The number of piperidine rings is 1. The second kappa shape index (κ2) is 10.8. The molecule has 1 atom stereocenters. The van der Waals surface area contributed by atoms with E-state index in [-0.39, 0.29) is 43.5 Å². The number of rotatable bonds is 7. The van der Waals surface area contributed by atoms with Crippen molar-refractivity contribution < 1.29 is 41.4 Å². The second-order valence-corrected chi connectivity index (χ2v) is 7.92. The first-order chi connectivity index (χ1) is 16.0. The molecule has 11 heteroatoms. The van der Waals surface area contributed by atoms with Crippen LogP contribution in [0.2, 0.25) is 0 Å². The number of aliphatic hydroxyl groups is 1. The van der Waals surface area contributed by atoms with Crippen molar-refractivity contribution >= 4 is 11.8 Å². The molecule has 0 saturated carbocycles. The molecule has 0 aliphatic carbocycles. The van der Waals surface area contributed by atoms with Crippen LogP contribution in [0.4, 0.5) is 22.0 Å². The summed E-state index contributed by atoms with van der Waals surface area (Å²) in [6.45, 7) is 0.0713. The van der Waals surface area contributed by atoms with Gasteiger partial charge in [0.1, 0.15) is 30.1 Å². The first-order valence-electron chi connectivity index (χ1n) is 10.5. The minimum atomic E-state index is -4.46. The van der Waals surface area contributed by atoms with Crippen molar-refractivity contribution in [3.05, 3.63) is 65.2 Å². The molecule has 1 unspecified atom stereocenters. The van der Waals surface area contributed by atoms with Crippen LogP contribution in [0.3, 0.4) is 0 Å². The summed E-state index contributed by atoms with van der Waals surface area (Å²) in [5.41, 5.74) is -1.05. The molecule has 184 valence electrons. The van der Waals surface area contributed by atoms with Gasteiger partial charge in [-0.2, -0.15) is 13.2 Å². The van der Waals surface area contributed by atoms with Gasteiger partial charge in [-0.1, -0.05) is 0 Å². The summed E-state index contributed by atoms with van der Waals surface area (Å²) in [7, 11) is 0. The molecule has 6 nitrogen and oxygen atoms in total. The number of alkyl halides is 3. The van der Waals surface area contributed by atoms with E-state index in [4.69, 9.17) is 4.74 Å². The number of benzene rings is 2. The first-order valence-corrected chi connectivity index (χ1v) is 10.5. The molecule has 34 heavy (non-hydrogen) atoms. The van der Waals surface area contributed by atoms with E-state index >= 15 is 0 Å². The Morgan fingerprint density at radius 1 is 1.09 bits per heavy atom. The molecular formula is C23H23F5N2O4. The quantitative estimate of drug-likeness (QED) is 0.589. The Morgan fingerprint density at radius 2 is 1.74 bits per heavy atom. The molecule has 1 fully saturated rings. The summed E-state index contributed by atoms with van der Waals surface area (Å²) < 4.78 is 69.8. The number of hydrogen-bond acceptors (Lipinski definition) is 4.